The molecule has 2 saturated heterocycles. The van der Waals surface area contributed by atoms with E-state index in [1.165, 1.54) is 6.33 Å². The minimum atomic E-state index is -0.846. The molecule has 2 aliphatic heterocycles. The molecule has 0 spiro atoms. The van der Waals surface area contributed by atoms with Gasteiger partial charge in [-0.2, -0.15) is 0 Å². The van der Waals surface area contributed by atoms with Crippen molar-refractivity contribution in [3.63, 3.8) is 0 Å². The van der Waals surface area contributed by atoms with E-state index in [9.17, 15) is 9.59 Å². The van der Waals surface area contributed by atoms with E-state index < -0.39 is 36.3 Å². The van der Waals surface area contributed by atoms with E-state index in [-0.39, 0.29) is 24.1 Å². The van der Waals surface area contributed by atoms with Crippen molar-refractivity contribution in [1.82, 2.24) is 24.8 Å². The molecule has 15 heteroatoms. The van der Waals surface area contributed by atoms with E-state index in [1.807, 2.05) is 66.9 Å². The summed E-state index contributed by atoms with van der Waals surface area (Å²) in [5.41, 5.74) is 3.22. The molecule has 0 bridgehead atoms. The van der Waals surface area contributed by atoms with Gasteiger partial charge in [0.2, 0.25) is 0 Å². The van der Waals surface area contributed by atoms with Crippen molar-refractivity contribution >= 4 is 40.0 Å². The standard InChI is InChI=1S/C33H38N6O8S/c1-5-43-25(40)15-35-32(41)48-17-24-27-28(47-33(2,3)46-27)31(45-24)39-19-38-26-29(36-18-37-30(26)39)34-14-20-6-12-23(13-7-20)44-16-21-8-10-22(42-4)11-9-21/h6-13,18-19,24,27-28,31H,5,14-17H2,1-4H3,(H,35,41)(H,34,36,37)/t24-,27?,28+,31-/m1/s1. The number of anilines is 1. The van der Waals surface area contributed by atoms with Crippen molar-refractivity contribution in [2.45, 2.75) is 64.2 Å². The first-order valence-electron chi connectivity index (χ1n) is 15.6. The summed E-state index contributed by atoms with van der Waals surface area (Å²) in [6.45, 7) is 6.40. The summed E-state index contributed by atoms with van der Waals surface area (Å²) < 4.78 is 36.7. The molecule has 4 heterocycles. The SMILES string of the molecule is CCOC(=O)CNC(=O)SC[C@H]1O[C@@H](n2cnc3c(NCc4ccc(OCc5ccc(OC)cc5)cc4)ncnc32)[C@H]2OC(C)(C)OC12. The fourth-order valence-electron chi connectivity index (χ4n) is 5.53. The molecule has 1 amide bonds. The summed E-state index contributed by atoms with van der Waals surface area (Å²) in [5.74, 6) is 1.09. The number of thioether (sulfide) groups is 1. The number of esters is 1. The minimum Gasteiger partial charge on any atom is -0.497 e. The molecule has 2 aromatic carbocycles. The van der Waals surface area contributed by atoms with Gasteiger partial charge < -0.3 is 39.1 Å². The Kier molecular flexibility index (Phi) is 10.3. The second-order valence-corrected chi connectivity index (χ2v) is 12.6. The Hall–Kier alpha value is -4.44. The van der Waals surface area contributed by atoms with Crippen LogP contribution in [0, 0.1) is 0 Å². The lowest BCUT2D eigenvalue weighted by Gasteiger charge is -2.24. The third-order valence-electron chi connectivity index (χ3n) is 7.77. The number of nitrogens with zero attached hydrogens (tertiary/aromatic N) is 4. The van der Waals surface area contributed by atoms with Gasteiger partial charge in [-0.3, -0.25) is 14.2 Å². The number of fused-ring (bicyclic) bond motifs is 2. The number of amides is 1. The van der Waals surface area contributed by atoms with Crippen LogP contribution in [0.2, 0.25) is 0 Å². The van der Waals surface area contributed by atoms with Gasteiger partial charge in [0.25, 0.3) is 5.24 Å². The Morgan fingerprint density at radius 1 is 0.979 bits per heavy atom. The van der Waals surface area contributed by atoms with Crippen molar-refractivity contribution in [1.29, 1.82) is 0 Å². The molecule has 2 N–H and O–H groups in total. The van der Waals surface area contributed by atoms with Crippen molar-refractivity contribution in [2.75, 3.05) is 31.3 Å². The molecular formula is C33H38N6O8S. The number of ether oxygens (including phenoxy) is 6. The van der Waals surface area contributed by atoms with Crippen LogP contribution in [-0.4, -0.2) is 80.8 Å². The lowest BCUT2D eigenvalue weighted by atomic mass is 10.1. The first kappa shape index (κ1) is 33.5. The summed E-state index contributed by atoms with van der Waals surface area (Å²) in [6.07, 6.45) is 1.14. The topological polar surface area (TPSA) is 157 Å². The number of hydrogen-bond acceptors (Lipinski definition) is 13. The number of carbonyl (C=O) groups is 2. The molecule has 48 heavy (non-hydrogen) atoms. The molecule has 0 saturated carbocycles. The number of hydrogen-bond donors (Lipinski definition) is 2. The van der Waals surface area contributed by atoms with Gasteiger partial charge in [-0.1, -0.05) is 36.0 Å². The zero-order chi connectivity index (χ0) is 33.7. The van der Waals surface area contributed by atoms with Gasteiger partial charge in [0.1, 0.15) is 43.2 Å². The van der Waals surface area contributed by atoms with Crippen LogP contribution in [-0.2, 0) is 36.9 Å². The smallest absolute Gasteiger partial charge is 0.325 e. The van der Waals surface area contributed by atoms with E-state index in [1.54, 1.807) is 20.4 Å². The number of carbonyl (C=O) groups excluding carboxylic acids is 2. The van der Waals surface area contributed by atoms with Crippen LogP contribution in [0.5, 0.6) is 11.5 Å². The Balaban J connectivity index is 1.08. The predicted molar refractivity (Wildman–Crippen MR) is 177 cm³/mol. The van der Waals surface area contributed by atoms with E-state index >= 15 is 0 Å². The van der Waals surface area contributed by atoms with E-state index in [2.05, 4.69) is 25.6 Å². The average molecular weight is 679 g/mol. The van der Waals surface area contributed by atoms with Crippen LogP contribution in [0.15, 0.2) is 61.2 Å². The van der Waals surface area contributed by atoms with Gasteiger partial charge in [-0.25, -0.2) is 15.0 Å². The second kappa shape index (κ2) is 14.8. The molecule has 254 valence electrons. The third kappa shape index (κ3) is 7.81. The summed E-state index contributed by atoms with van der Waals surface area (Å²) in [6, 6.07) is 15.6. The predicted octanol–water partition coefficient (Wildman–Crippen LogP) is 4.45. The van der Waals surface area contributed by atoms with Gasteiger partial charge in [0.05, 0.1) is 26.1 Å². The highest BCUT2D eigenvalue weighted by Crippen LogP contribution is 2.44. The molecule has 2 aliphatic rings. The van der Waals surface area contributed by atoms with Gasteiger partial charge in [-0.15, -0.1) is 0 Å². The lowest BCUT2D eigenvalue weighted by Crippen LogP contribution is -2.33. The fourth-order valence-corrected chi connectivity index (χ4v) is 6.29. The monoisotopic (exact) mass is 678 g/mol. The molecule has 0 radical (unpaired) electrons. The number of imidazole rings is 1. The molecule has 2 aromatic heterocycles. The molecule has 0 aliphatic carbocycles. The van der Waals surface area contributed by atoms with Crippen LogP contribution < -0.4 is 20.1 Å². The number of methoxy groups -OCH3 is 1. The fraction of sp³-hybridized carbons (Fsp3) is 0.424. The Bertz CT molecular complexity index is 1720. The molecule has 6 rings (SSSR count). The number of benzene rings is 2. The van der Waals surface area contributed by atoms with Crippen molar-refractivity contribution in [2.24, 2.45) is 0 Å². The molecular weight excluding hydrogens is 640 g/mol. The highest BCUT2D eigenvalue weighted by atomic mass is 32.2. The Morgan fingerprint density at radius 3 is 2.46 bits per heavy atom. The summed E-state index contributed by atoms with van der Waals surface area (Å²) in [5, 5.41) is 5.55. The van der Waals surface area contributed by atoms with Gasteiger partial charge >= 0.3 is 5.97 Å². The normalized spacial score (nSPS) is 21.1. The maximum absolute atomic E-state index is 12.4. The zero-order valence-electron chi connectivity index (χ0n) is 27.1. The summed E-state index contributed by atoms with van der Waals surface area (Å²) in [7, 11) is 1.64. The quantitative estimate of drug-likeness (QED) is 0.191. The number of aromatic nitrogens is 4. The Morgan fingerprint density at radius 2 is 1.71 bits per heavy atom. The number of rotatable bonds is 13. The largest absolute Gasteiger partial charge is 0.497 e. The highest BCUT2D eigenvalue weighted by molar-refractivity contribution is 8.13. The van der Waals surface area contributed by atoms with E-state index in [0.29, 0.717) is 30.1 Å². The first-order valence-corrected chi connectivity index (χ1v) is 16.5. The van der Waals surface area contributed by atoms with Crippen LogP contribution in [0.25, 0.3) is 11.2 Å². The van der Waals surface area contributed by atoms with Crippen LogP contribution in [0.3, 0.4) is 0 Å². The van der Waals surface area contributed by atoms with Crippen molar-refractivity contribution in [3.05, 3.63) is 72.3 Å². The summed E-state index contributed by atoms with van der Waals surface area (Å²) in [4.78, 5) is 37.6. The van der Waals surface area contributed by atoms with Gasteiger partial charge in [0.15, 0.2) is 29.0 Å². The van der Waals surface area contributed by atoms with Crippen LogP contribution in [0.1, 0.15) is 38.1 Å². The zero-order valence-corrected chi connectivity index (χ0v) is 27.9. The maximum Gasteiger partial charge on any atom is 0.325 e. The molecule has 2 fully saturated rings. The molecule has 14 nitrogen and oxygen atoms in total. The number of nitrogens with one attached hydrogen (secondary N) is 2. The Labute approximate surface area is 281 Å². The van der Waals surface area contributed by atoms with Crippen LogP contribution in [0.4, 0.5) is 10.6 Å². The molecule has 4 atom stereocenters. The third-order valence-corrected chi connectivity index (χ3v) is 8.67. The molecule has 1 unspecified atom stereocenters. The van der Waals surface area contributed by atoms with Crippen molar-refractivity contribution in [3.8, 4) is 11.5 Å². The lowest BCUT2D eigenvalue weighted by molar-refractivity contribution is -0.193. The minimum absolute atomic E-state index is 0.200. The highest BCUT2D eigenvalue weighted by Gasteiger charge is 2.56. The second-order valence-electron chi connectivity index (χ2n) is 11.6. The van der Waals surface area contributed by atoms with Crippen molar-refractivity contribution < 1.29 is 38.0 Å². The van der Waals surface area contributed by atoms with E-state index in [0.717, 1.165) is 34.4 Å². The van der Waals surface area contributed by atoms with Gasteiger partial charge in [-0.05, 0) is 56.2 Å². The average Bonchev–Trinajstić information content (AvgIpc) is 3.76. The molecule has 4 aromatic rings. The van der Waals surface area contributed by atoms with Crippen LogP contribution >= 0.6 is 11.8 Å². The van der Waals surface area contributed by atoms with E-state index in [4.69, 9.17) is 28.4 Å². The maximum atomic E-state index is 12.4. The first-order chi connectivity index (χ1) is 23.2. The van der Waals surface area contributed by atoms with Gasteiger partial charge in [0, 0.05) is 12.3 Å². The summed E-state index contributed by atoms with van der Waals surface area (Å²) >= 11 is 1.01.